The Hall–Kier alpha value is -0.160. The summed E-state index contributed by atoms with van der Waals surface area (Å²) in [5, 5.41) is 31.7. The minimum absolute atomic E-state index is 0.0199. The van der Waals surface area contributed by atoms with E-state index >= 15 is 0 Å². The summed E-state index contributed by atoms with van der Waals surface area (Å²) >= 11 is 0. The van der Waals surface area contributed by atoms with Crippen LogP contribution >= 0.6 is 0 Å². The summed E-state index contributed by atoms with van der Waals surface area (Å²) in [4.78, 5) is 0. The second kappa shape index (κ2) is 5.99. The summed E-state index contributed by atoms with van der Waals surface area (Å²) in [6.45, 7) is 4.42. The van der Waals surface area contributed by atoms with Crippen molar-refractivity contribution in [2.75, 3.05) is 20.1 Å². The van der Waals surface area contributed by atoms with Gasteiger partial charge in [0.05, 0.1) is 11.7 Å². The molecule has 8 aliphatic rings. The topological polar surface area (TPSA) is 64.5 Å². The summed E-state index contributed by atoms with van der Waals surface area (Å²) in [6.07, 6.45) is 13.7. The molecular weight excluding hydrogens is 360 g/mol. The van der Waals surface area contributed by atoms with E-state index in [1.807, 2.05) is 7.05 Å². The zero-order chi connectivity index (χ0) is 20.1. The third-order valence-electron chi connectivity index (χ3n) is 11.7. The minimum Gasteiger partial charge on any atom is -0.392 e. The molecule has 8 fully saturated rings. The molecule has 9 atom stereocenters. The fourth-order valence-corrected chi connectivity index (χ4v) is 11.1. The van der Waals surface area contributed by atoms with Gasteiger partial charge in [-0.1, -0.05) is 19.8 Å². The maximum absolute atomic E-state index is 12.4. The molecule has 0 amide bonds. The van der Waals surface area contributed by atoms with Crippen molar-refractivity contribution in [2.45, 2.75) is 102 Å². The zero-order valence-electron chi connectivity index (χ0n) is 18.6. The number of nitrogens with one attached hydrogen (secondary N) is 2. The van der Waals surface area contributed by atoms with E-state index in [4.69, 9.17) is 0 Å². The smallest absolute Gasteiger partial charge is 0.0715 e. The van der Waals surface area contributed by atoms with Crippen LogP contribution in [0.1, 0.15) is 84.0 Å². The van der Waals surface area contributed by atoms with Crippen molar-refractivity contribution < 1.29 is 10.2 Å². The van der Waals surface area contributed by atoms with Crippen LogP contribution in [0.5, 0.6) is 0 Å². The van der Waals surface area contributed by atoms with Crippen LogP contribution in [0, 0.1) is 33.5 Å². The number of aliphatic hydroxyl groups is 2. The fraction of sp³-hybridized carbons (Fsp3) is 1.00. The van der Waals surface area contributed by atoms with Crippen LogP contribution in [0.3, 0.4) is 0 Å². The van der Waals surface area contributed by atoms with E-state index in [0.717, 1.165) is 51.6 Å². The van der Waals surface area contributed by atoms with E-state index < -0.39 is 5.60 Å². The lowest BCUT2D eigenvalue weighted by molar-refractivity contribution is -0.345. The second-order valence-corrected chi connectivity index (χ2v) is 12.6. The second-order valence-electron chi connectivity index (χ2n) is 12.6. The first-order valence-electron chi connectivity index (χ1n) is 12.6. The Bertz CT molecular complexity index is 700. The molecule has 0 aromatic carbocycles. The summed E-state index contributed by atoms with van der Waals surface area (Å²) in [6, 6.07) is 0.585. The molecule has 4 N–H and O–H groups in total. The number of aliphatic hydroxyl groups excluding tert-OH is 1. The minimum atomic E-state index is -0.547. The number of hydrogen-bond donors (Lipinski definition) is 4. The Balaban J connectivity index is 1.49. The summed E-state index contributed by atoms with van der Waals surface area (Å²) in [5.41, 5.74) is -0.189. The molecule has 0 heterocycles. The molecule has 3 spiro atoms. The Morgan fingerprint density at radius 3 is 2.66 bits per heavy atom. The van der Waals surface area contributed by atoms with Gasteiger partial charge in [-0.3, -0.25) is 0 Å². The third kappa shape index (κ3) is 2.07. The maximum atomic E-state index is 12.4. The molecule has 0 aromatic rings. The van der Waals surface area contributed by atoms with Gasteiger partial charge in [-0.05, 0) is 93.9 Å². The molecule has 164 valence electrons. The van der Waals surface area contributed by atoms with Crippen molar-refractivity contribution in [1.29, 1.82) is 0 Å². The van der Waals surface area contributed by atoms with Crippen LogP contribution < -0.4 is 10.6 Å². The average Bonchev–Trinajstić information content (AvgIpc) is 2.97. The maximum Gasteiger partial charge on any atom is 0.0715 e. The van der Waals surface area contributed by atoms with Crippen molar-refractivity contribution in [3.8, 4) is 0 Å². The van der Waals surface area contributed by atoms with Crippen LogP contribution in [0.15, 0.2) is 0 Å². The molecule has 0 aliphatic heterocycles. The third-order valence-corrected chi connectivity index (χ3v) is 11.7. The van der Waals surface area contributed by atoms with E-state index in [1.165, 1.54) is 38.5 Å². The molecule has 29 heavy (non-hydrogen) atoms. The average molecular weight is 403 g/mol. The molecule has 0 saturated heterocycles. The van der Waals surface area contributed by atoms with Gasteiger partial charge in [0.1, 0.15) is 0 Å². The fourth-order valence-electron chi connectivity index (χ4n) is 11.1. The summed E-state index contributed by atoms with van der Waals surface area (Å²) < 4.78 is 0. The monoisotopic (exact) mass is 402 g/mol. The number of fused-ring (bicyclic) bond motifs is 3. The van der Waals surface area contributed by atoms with Crippen LogP contribution in [-0.2, 0) is 0 Å². The van der Waals surface area contributed by atoms with Gasteiger partial charge < -0.3 is 20.8 Å². The van der Waals surface area contributed by atoms with Crippen LogP contribution in [0.4, 0.5) is 0 Å². The normalized spacial score (nSPS) is 60.0. The number of rotatable bonds is 4. The van der Waals surface area contributed by atoms with Gasteiger partial charge in [0.25, 0.3) is 0 Å². The van der Waals surface area contributed by atoms with Crippen LogP contribution in [-0.4, -0.2) is 48.1 Å². The first-order chi connectivity index (χ1) is 13.9. The molecule has 0 radical (unpaired) electrons. The highest BCUT2D eigenvalue weighted by atomic mass is 16.3. The van der Waals surface area contributed by atoms with Gasteiger partial charge in [-0.25, -0.2) is 0 Å². The SMILES string of the molecule is CNCCN[C@@H]1[C@@H]2CC[C@@]34[C@H](O)C[C@]5(C)CCC[C@@](O)(C5)[C@]3(C2)C[C@]42CCC[C@@H]12. The lowest BCUT2D eigenvalue weighted by Gasteiger charge is -2.78. The molecule has 4 nitrogen and oxygen atoms in total. The Morgan fingerprint density at radius 2 is 1.83 bits per heavy atom. The highest BCUT2D eigenvalue weighted by Crippen LogP contribution is 2.88. The lowest BCUT2D eigenvalue weighted by atomic mass is 9.27. The van der Waals surface area contributed by atoms with Gasteiger partial charge >= 0.3 is 0 Å². The molecule has 0 unspecified atom stereocenters. The molecule has 0 aromatic heterocycles. The molecule has 8 rings (SSSR count). The quantitative estimate of drug-likeness (QED) is 0.545. The predicted molar refractivity (Wildman–Crippen MR) is 114 cm³/mol. The van der Waals surface area contributed by atoms with Crippen LogP contribution in [0.2, 0.25) is 0 Å². The zero-order valence-corrected chi connectivity index (χ0v) is 18.6. The van der Waals surface area contributed by atoms with Crippen molar-refractivity contribution in [1.82, 2.24) is 10.6 Å². The molecule has 8 aliphatic carbocycles. The number of hydrogen-bond acceptors (Lipinski definition) is 4. The van der Waals surface area contributed by atoms with E-state index in [0.29, 0.717) is 17.9 Å². The van der Waals surface area contributed by atoms with E-state index in [9.17, 15) is 10.2 Å². The lowest BCUT2D eigenvalue weighted by Crippen LogP contribution is -2.77. The Labute approximate surface area is 176 Å². The highest BCUT2D eigenvalue weighted by molar-refractivity contribution is 5.35. The van der Waals surface area contributed by atoms with Crippen molar-refractivity contribution in [3.05, 3.63) is 0 Å². The van der Waals surface area contributed by atoms with Gasteiger partial charge in [0.2, 0.25) is 0 Å². The van der Waals surface area contributed by atoms with Crippen molar-refractivity contribution in [3.63, 3.8) is 0 Å². The van der Waals surface area contributed by atoms with Gasteiger partial charge in [0.15, 0.2) is 0 Å². The van der Waals surface area contributed by atoms with Crippen molar-refractivity contribution >= 4 is 0 Å². The van der Waals surface area contributed by atoms with Gasteiger partial charge in [-0.15, -0.1) is 0 Å². The molecule has 8 saturated carbocycles. The Morgan fingerprint density at radius 1 is 0.966 bits per heavy atom. The molecular formula is C25H42N2O2. The van der Waals surface area contributed by atoms with E-state index in [1.54, 1.807) is 0 Å². The van der Waals surface area contributed by atoms with E-state index in [-0.39, 0.29) is 27.8 Å². The van der Waals surface area contributed by atoms with Gasteiger partial charge in [-0.2, -0.15) is 0 Å². The standard InChI is InChI=1S/C25H42N2O2/c1-21-7-4-9-24(29,15-21)23-13-17-6-10-25(23,19(28)14-21)22(16-23)8-3-5-18(22)20(17)27-12-11-26-2/h17-20,26-29H,3-16H2,1-2H3/t17-,18+,19-,20-,21+,22+,23+,24-,25+/m1/s1. The summed E-state index contributed by atoms with van der Waals surface area (Å²) in [7, 11) is 2.04. The van der Waals surface area contributed by atoms with Crippen molar-refractivity contribution in [2.24, 2.45) is 33.5 Å². The number of likely N-dealkylation sites (N-methyl/N-ethyl adjacent to an activating group) is 1. The predicted octanol–water partition coefficient (Wildman–Crippen LogP) is 3.22. The Kier molecular flexibility index (Phi) is 4.04. The first kappa shape index (κ1) is 19.5. The molecule has 6 bridgehead atoms. The largest absolute Gasteiger partial charge is 0.392 e. The molecule has 4 heteroatoms. The van der Waals surface area contributed by atoms with Gasteiger partial charge in [0, 0.05) is 30.0 Å². The first-order valence-corrected chi connectivity index (χ1v) is 12.6. The summed E-state index contributed by atoms with van der Waals surface area (Å²) in [5.74, 6) is 1.38. The van der Waals surface area contributed by atoms with E-state index in [2.05, 4.69) is 17.6 Å². The van der Waals surface area contributed by atoms with Crippen LogP contribution in [0.25, 0.3) is 0 Å². The highest BCUT2D eigenvalue weighted by Gasteiger charge is 2.86.